The summed E-state index contributed by atoms with van der Waals surface area (Å²) in [5.74, 6) is 1.22. The molecule has 6 rings (SSSR count). The Labute approximate surface area is 229 Å². The lowest BCUT2D eigenvalue weighted by Gasteiger charge is -2.37. The predicted octanol–water partition coefficient (Wildman–Crippen LogP) is 4.97. The highest BCUT2D eigenvalue weighted by molar-refractivity contribution is 7.18. The van der Waals surface area contributed by atoms with Crippen molar-refractivity contribution in [3.63, 3.8) is 0 Å². The second-order valence-electron chi connectivity index (χ2n) is 10.9. The van der Waals surface area contributed by atoms with Gasteiger partial charge in [-0.05, 0) is 51.1 Å². The Balaban J connectivity index is 1.08. The van der Waals surface area contributed by atoms with E-state index in [1.54, 1.807) is 17.7 Å². The van der Waals surface area contributed by atoms with Crippen molar-refractivity contribution in [2.45, 2.75) is 57.5 Å². The maximum Gasteiger partial charge on any atom is 0.223 e. The number of carbonyl (C=O) groups is 1. The van der Waals surface area contributed by atoms with Gasteiger partial charge in [0, 0.05) is 60.8 Å². The number of piperazine rings is 1. The Bertz CT molecular complexity index is 1280. The highest BCUT2D eigenvalue weighted by Gasteiger charge is 2.28. The normalized spacial score (nSPS) is 24.5. The zero-order valence-corrected chi connectivity index (χ0v) is 23.1. The first-order valence-corrected chi connectivity index (χ1v) is 15.1. The Morgan fingerprint density at radius 2 is 2.00 bits per heavy atom. The molecule has 7 nitrogen and oxygen atoms in total. The summed E-state index contributed by atoms with van der Waals surface area (Å²) in [4.78, 5) is 26.7. The first kappa shape index (κ1) is 25.3. The number of fused-ring (bicyclic) bond motifs is 1. The summed E-state index contributed by atoms with van der Waals surface area (Å²) in [6.07, 6.45) is 21.1. The van der Waals surface area contributed by atoms with E-state index in [2.05, 4.69) is 79.2 Å². The molecule has 2 aromatic heterocycles. The van der Waals surface area contributed by atoms with Crippen LogP contribution in [0.5, 0.6) is 0 Å². The standard InChI is InChI=1S/C30H38N6OS/c1-2-35-14-16-36(17-15-35)26-12-10-24(11-13-26)33-29-28-27(31-20-32-29)23(19-38-28)7-6-21-4-3-5-22(18-21)30(37)34-25-8-9-25/h4,6-7,10,12-13,19-20,22,24-25H,2-3,5,8-9,11,14-18H2,1H3,(H,34,37)(H,31,32,33)/b7-6+/t22-,24?/m1/s1. The van der Waals surface area contributed by atoms with Crippen molar-refractivity contribution in [1.82, 2.24) is 25.1 Å². The van der Waals surface area contributed by atoms with E-state index in [1.165, 1.54) is 11.3 Å². The fourth-order valence-corrected chi connectivity index (χ4v) is 6.52. The van der Waals surface area contributed by atoms with Crippen LogP contribution in [0.15, 0.2) is 53.4 Å². The average Bonchev–Trinajstić information content (AvgIpc) is 3.68. The number of nitrogens with one attached hydrogen (secondary N) is 2. The molecule has 2 N–H and O–H groups in total. The van der Waals surface area contributed by atoms with Gasteiger partial charge in [0.2, 0.25) is 5.91 Å². The van der Waals surface area contributed by atoms with Crippen LogP contribution in [0.3, 0.4) is 0 Å². The summed E-state index contributed by atoms with van der Waals surface area (Å²) in [6, 6.07) is 0.650. The SMILES string of the molecule is CCN1CCN(C2=CCC(Nc3ncnc4c(/C=C/C5=CCC[C@@H](C(=O)NC6CC6)C5)csc34)C=C2)CC1. The molecule has 1 saturated heterocycles. The van der Waals surface area contributed by atoms with Crippen molar-refractivity contribution in [2.24, 2.45) is 5.92 Å². The van der Waals surface area contributed by atoms with Gasteiger partial charge in [0.25, 0.3) is 0 Å². The number of aromatic nitrogens is 2. The minimum absolute atomic E-state index is 0.0941. The van der Waals surface area contributed by atoms with E-state index in [0.717, 1.165) is 92.8 Å². The summed E-state index contributed by atoms with van der Waals surface area (Å²) < 4.78 is 1.09. The zero-order valence-electron chi connectivity index (χ0n) is 22.2. The summed E-state index contributed by atoms with van der Waals surface area (Å²) in [7, 11) is 0. The van der Waals surface area contributed by atoms with Crippen LogP contribution in [0.4, 0.5) is 5.82 Å². The third-order valence-electron chi connectivity index (χ3n) is 8.14. The number of rotatable bonds is 8. The van der Waals surface area contributed by atoms with Gasteiger partial charge in [0.05, 0.1) is 10.2 Å². The molecule has 8 heteroatoms. The van der Waals surface area contributed by atoms with Crippen molar-refractivity contribution in [1.29, 1.82) is 0 Å². The number of likely N-dealkylation sites (N-methyl/N-ethyl adjacent to an activating group) is 1. The smallest absolute Gasteiger partial charge is 0.223 e. The van der Waals surface area contributed by atoms with Gasteiger partial charge in [0.15, 0.2) is 0 Å². The molecule has 3 aliphatic carbocycles. The van der Waals surface area contributed by atoms with E-state index in [0.29, 0.717) is 6.04 Å². The number of hydrogen-bond acceptors (Lipinski definition) is 7. The molecule has 0 bridgehead atoms. The van der Waals surface area contributed by atoms with Crippen LogP contribution < -0.4 is 10.6 Å². The molecule has 1 unspecified atom stereocenters. The van der Waals surface area contributed by atoms with E-state index in [-0.39, 0.29) is 17.9 Å². The molecule has 200 valence electrons. The van der Waals surface area contributed by atoms with Crippen LogP contribution >= 0.6 is 11.3 Å². The average molecular weight is 531 g/mol. The van der Waals surface area contributed by atoms with Gasteiger partial charge >= 0.3 is 0 Å². The quantitative estimate of drug-likeness (QED) is 0.502. The molecule has 3 heterocycles. The third-order valence-corrected chi connectivity index (χ3v) is 9.14. The first-order valence-electron chi connectivity index (χ1n) is 14.2. The molecule has 0 aromatic carbocycles. The molecule has 4 aliphatic rings. The summed E-state index contributed by atoms with van der Waals surface area (Å²) in [6.45, 7) is 7.87. The van der Waals surface area contributed by atoms with Crippen LogP contribution in [-0.4, -0.2) is 70.5 Å². The molecule has 1 saturated carbocycles. The number of thiophene rings is 1. The third kappa shape index (κ3) is 5.86. The lowest BCUT2D eigenvalue weighted by Crippen LogP contribution is -2.45. The lowest BCUT2D eigenvalue weighted by molar-refractivity contribution is -0.125. The summed E-state index contributed by atoms with van der Waals surface area (Å²) in [5, 5.41) is 8.98. The highest BCUT2D eigenvalue weighted by atomic mass is 32.1. The molecular weight excluding hydrogens is 492 g/mol. The van der Waals surface area contributed by atoms with E-state index >= 15 is 0 Å². The zero-order chi connectivity index (χ0) is 25.9. The minimum atomic E-state index is 0.0941. The number of hydrogen-bond donors (Lipinski definition) is 2. The number of allylic oxidation sites excluding steroid dienone is 4. The molecule has 1 amide bonds. The van der Waals surface area contributed by atoms with Crippen molar-refractivity contribution >= 4 is 39.4 Å². The molecule has 1 aliphatic heterocycles. The second-order valence-corrected chi connectivity index (χ2v) is 11.7. The Morgan fingerprint density at radius 1 is 1.13 bits per heavy atom. The molecule has 0 radical (unpaired) electrons. The lowest BCUT2D eigenvalue weighted by atomic mass is 9.87. The maximum absolute atomic E-state index is 12.5. The summed E-state index contributed by atoms with van der Waals surface area (Å²) in [5.41, 5.74) is 4.67. The molecule has 2 atom stereocenters. The van der Waals surface area contributed by atoms with Gasteiger partial charge in [0.1, 0.15) is 12.1 Å². The molecule has 2 aromatic rings. The fourth-order valence-electron chi connectivity index (χ4n) is 5.58. The highest BCUT2D eigenvalue weighted by Crippen LogP contribution is 2.33. The molecule has 2 fully saturated rings. The van der Waals surface area contributed by atoms with E-state index in [9.17, 15) is 4.79 Å². The molecule has 38 heavy (non-hydrogen) atoms. The van der Waals surface area contributed by atoms with Crippen LogP contribution in [0, 0.1) is 5.92 Å². The molecular formula is C30H38N6OS. The largest absolute Gasteiger partial charge is 0.369 e. The maximum atomic E-state index is 12.5. The minimum Gasteiger partial charge on any atom is -0.369 e. The van der Waals surface area contributed by atoms with E-state index in [1.807, 2.05) is 0 Å². The Kier molecular flexibility index (Phi) is 7.60. The van der Waals surface area contributed by atoms with Gasteiger partial charge in [-0.15, -0.1) is 11.3 Å². The number of carbonyl (C=O) groups excluding carboxylic acids is 1. The van der Waals surface area contributed by atoms with Gasteiger partial charge in [-0.25, -0.2) is 9.97 Å². The van der Waals surface area contributed by atoms with Crippen molar-refractivity contribution in [2.75, 3.05) is 38.0 Å². The Hall–Kier alpha value is -2.97. The van der Waals surface area contributed by atoms with Gasteiger partial charge in [-0.3, -0.25) is 4.79 Å². The van der Waals surface area contributed by atoms with Crippen molar-refractivity contribution in [3.8, 4) is 0 Å². The number of anilines is 1. The first-order chi connectivity index (χ1) is 18.7. The van der Waals surface area contributed by atoms with E-state index in [4.69, 9.17) is 0 Å². The van der Waals surface area contributed by atoms with Gasteiger partial charge in [-0.2, -0.15) is 0 Å². The number of amides is 1. The van der Waals surface area contributed by atoms with Gasteiger partial charge in [-0.1, -0.05) is 42.9 Å². The van der Waals surface area contributed by atoms with Crippen molar-refractivity contribution in [3.05, 3.63) is 58.9 Å². The van der Waals surface area contributed by atoms with Crippen LogP contribution in [0.1, 0.15) is 51.0 Å². The fraction of sp³-hybridized carbons (Fsp3) is 0.500. The number of nitrogens with zero attached hydrogens (tertiary/aromatic N) is 4. The van der Waals surface area contributed by atoms with Gasteiger partial charge < -0.3 is 20.4 Å². The topological polar surface area (TPSA) is 73.4 Å². The monoisotopic (exact) mass is 530 g/mol. The summed E-state index contributed by atoms with van der Waals surface area (Å²) >= 11 is 1.69. The second kappa shape index (κ2) is 11.4. The van der Waals surface area contributed by atoms with Crippen molar-refractivity contribution < 1.29 is 4.79 Å². The van der Waals surface area contributed by atoms with E-state index < -0.39 is 0 Å². The van der Waals surface area contributed by atoms with Crippen LogP contribution in [0.2, 0.25) is 0 Å². The van der Waals surface area contributed by atoms with Crippen LogP contribution in [0.25, 0.3) is 16.3 Å². The molecule has 0 spiro atoms. The Morgan fingerprint density at radius 3 is 2.76 bits per heavy atom. The van der Waals surface area contributed by atoms with Crippen LogP contribution in [-0.2, 0) is 4.79 Å². The predicted molar refractivity (Wildman–Crippen MR) is 156 cm³/mol.